The first-order valence-electron chi connectivity index (χ1n) is 4.83. The number of rotatable bonds is 4. The molecule has 0 aromatic rings. The average molecular weight is 188 g/mol. The second kappa shape index (κ2) is 5.84. The molecular formula is C9H20N2S. The van der Waals surface area contributed by atoms with Gasteiger partial charge in [-0.3, -0.25) is 0 Å². The van der Waals surface area contributed by atoms with Gasteiger partial charge in [-0.15, -0.1) is 0 Å². The Bertz CT molecular complexity index is 111. The van der Waals surface area contributed by atoms with Crippen LogP contribution in [0.25, 0.3) is 0 Å². The van der Waals surface area contributed by atoms with Gasteiger partial charge < -0.3 is 10.6 Å². The minimum atomic E-state index is 0.626. The van der Waals surface area contributed by atoms with Gasteiger partial charge in [0.1, 0.15) is 0 Å². The monoisotopic (exact) mass is 188 g/mol. The van der Waals surface area contributed by atoms with Crippen LogP contribution in [0, 0.1) is 0 Å². The van der Waals surface area contributed by atoms with Crippen LogP contribution in [0.1, 0.15) is 20.3 Å². The minimum absolute atomic E-state index is 0.626. The summed E-state index contributed by atoms with van der Waals surface area (Å²) < 4.78 is 0. The molecule has 1 heterocycles. The van der Waals surface area contributed by atoms with Gasteiger partial charge in [0, 0.05) is 30.1 Å². The number of nitrogens with one attached hydrogen (secondary N) is 2. The van der Waals surface area contributed by atoms with Gasteiger partial charge in [-0.2, -0.15) is 11.8 Å². The Balaban J connectivity index is 1.98. The molecule has 12 heavy (non-hydrogen) atoms. The predicted molar refractivity (Wildman–Crippen MR) is 56.9 cm³/mol. The Morgan fingerprint density at radius 2 is 2.42 bits per heavy atom. The van der Waals surface area contributed by atoms with Crippen LogP contribution in [0.2, 0.25) is 0 Å². The van der Waals surface area contributed by atoms with E-state index in [0.717, 1.165) is 12.6 Å². The Morgan fingerprint density at radius 3 is 3.00 bits per heavy atom. The van der Waals surface area contributed by atoms with Crippen LogP contribution in [0.15, 0.2) is 0 Å². The summed E-state index contributed by atoms with van der Waals surface area (Å²) >= 11 is 2.07. The molecule has 1 rings (SSSR count). The lowest BCUT2D eigenvalue weighted by molar-refractivity contribution is 0.483. The van der Waals surface area contributed by atoms with Gasteiger partial charge in [0.15, 0.2) is 0 Å². The van der Waals surface area contributed by atoms with E-state index in [1.54, 1.807) is 0 Å². The summed E-state index contributed by atoms with van der Waals surface area (Å²) in [5, 5.41) is 6.98. The molecule has 1 aliphatic rings. The Morgan fingerprint density at radius 1 is 1.58 bits per heavy atom. The van der Waals surface area contributed by atoms with Gasteiger partial charge in [-0.1, -0.05) is 13.8 Å². The fourth-order valence-corrected chi connectivity index (χ4v) is 2.35. The molecule has 1 unspecified atom stereocenters. The summed E-state index contributed by atoms with van der Waals surface area (Å²) in [7, 11) is 0. The SMILES string of the molecule is CC(C)NCCC1CSCCN1. The molecule has 0 bridgehead atoms. The summed E-state index contributed by atoms with van der Waals surface area (Å²) in [6.07, 6.45) is 1.27. The second-order valence-electron chi connectivity index (χ2n) is 3.62. The number of hydrogen-bond donors (Lipinski definition) is 2. The molecule has 0 aromatic carbocycles. The van der Waals surface area contributed by atoms with E-state index < -0.39 is 0 Å². The third-order valence-electron chi connectivity index (χ3n) is 2.04. The molecule has 0 spiro atoms. The van der Waals surface area contributed by atoms with Crippen molar-refractivity contribution in [3.05, 3.63) is 0 Å². The van der Waals surface area contributed by atoms with Crippen LogP contribution in [0.5, 0.6) is 0 Å². The van der Waals surface area contributed by atoms with Crippen molar-refractivity contribution in [2.75, 3.05) is 24.6 Å². The molecule has 72 valence electrons. The molecule has 1 saturated heterocycles. The maximum Gasteiger partial charge on any atom is 0.0170 e. The minimum Gasteiger partial charge on any atom is -0.314 e. The largest absolute Gasteiger partial charge is 0.314 e. The maximum absolute atomic E-state index is 3.53. The third kappa shape index (κ3) is 4.33. The van der Waals surface area contributed by atoms with Crippen molar-refractivity contribution in [1.82, 2.24) is 10.6 Å². The topological polar surface area (TPSA) is 24.1 Å². The molecule has 0 radical (unpaired) electrons. The van der Waals surface area contributed by atoms with Crippen LogP contribution in [-0.4, -0.2) is 36.7 Å². The normalized spacial score (nSPS) is 24.8. The van der Waals surface area contributed by atoms with Crippen molar-refractivity contribution in [2.45, 2.75) is 32.4 Å². The summed E-state index contributed by atoms with van der Waals surface area (Å²) in [6.45, 7) is 6.74. The average Bonchev–Trinajstić information content (AvgIpc) is 2.05. The summed E-state index contributed by atoms with van der Waals surface area (Å²) in [5.41, 5.74) is 0. The molecule has 2 N–H and O–H groups in total. The summed E-state index contributed by atoms with van der Waals surface area (Å²) in [4.78, 5) is 0. The lowest BCUT2D eigenvalue weighted by Gasteiger charge is -2.23. The molecule has 3 heteroatoms. The van der Waals surface area contributed by atoms with E-state index in [0.29, 0.717) is 6.04 Å². The van der Waals surface area contributed by atoms with Crippen LogP contribution in [-0.2, 0) is 0 Å². The van der Waals surface area contributed by atoms with E-state index in [4.69, 9.17) is 0 Å². The van der Waals surface area contributed by atoms with Crippen molar-refractivity contribution in [3.63, 3.8) is 0 Å². The molecule has 0 aromatic heterocycles. The molecular weight excluding hydrogens is 168 g/mol. The Labute approximate surface area is 79.9 Å². The van der Waals surface area contributed by atoms with E-state index in [1.165, 1.54) is 24.5 Å². The van der Waals surface area contributed by atoms with Crippen molar-refractivity contribution >= 4 is 11.8 Å². The van der Waals surface area contributed by atoms with Gasteiger partial charge in [0.05, 0.1) is 0 Å². The predicted octanol–water partition coefficient (Wildman–Crippen LogP) is 1.08. The van der Waals surface area contributed by atoms with Crippen LogP contribution < -0.4 is 10.6 Å². The highest BCUT2D eigenvalue weighted by Gasteiger charge is 2.11. The lowest BCUT2D eigenvalue weighted by atomic mass is 10.2. The first-order chi connectivity index (χ1) is 5.79. The third-order valence-corrected chi connectivity index (χ3v) is 3.17. The lowest BCUT2D eigenvalue weighted by Crippen LogP contribution is -2.40. The van der Waals surface area contributed by atoms with Crippen LogP contribution in [0.3, 0.4) is 0 Å². The van der Waals surface area contributed by atoms with Crippen molar-refractivity contribution in [1.29, 1.82) is 0 Å². The first-order valence-corrected chi connectivity index (χ1v) is 5.99. The zero-order valence-electron chi connectivity index (χ0n) is 8.10. The molecule has 0 amide bonds. The maximum atomic E-state index is 3.53. The van der Waals surface area contributed by atoms with E-state index in [2.05, 4.69) is 36.2 Å². The second-order valence-corrected chi connectivity index (χ2v) is 4.77. The van der Waals surface area contributed by atoms with Gasteiger partial charge in [0.25, 0.3) is 0 Å². The highest BCUT2D eigenvalue weighted by Crippen LogP contribution is 2.09. The van der Waals surface area contributed by atoms with Gasteiger partial charge >= 0.3 is 0 Å². The van der Waals surface area contributed by atoms with Gasteiger partial charge in [-0.25, -0.2) is 0 Å². The molecule has 2 nitrogen and oxygen atoms in total. The Hall–Kier alpha value is 0.270. The highest BCUT2D eigenvalue weighted by atomic mass is 32.2. The van der Waals surface area contributed by atoms with Gasteiger partial charge in [0.2, 0.25) is 0 Å². The highest BCUT2D eigenvalue weighted by molar-refractivity contribution is 7.99. The zero-order chi connectivity index (χ0) is 8.81. The van der Waals surface area contributed by atoms with E-state index in [9.17, 15) is 0 Å². The fourth-order valence-electron chi connectivity index (χ4n) is 1.35. The standard InChI is InChI=1S/C9H20N2S/c1-8(2)10-4-3-9-7-12-6-5-11-9/h8-11H,3-7H2,1-2H3. The quantitative estimate of drug-likeness (QED) is 0.690. The molecule has 0 saturated carbocycles. The van der Waals surface area contributed by atoms with Gasteiger partial charge in [-0.05, 0) is 13.0 Å². The fraction of sp³-hybridized carbons (Fsp3) is 1.00. The summed E-state index contributed by atoms with van der Waals surface area (Å²) in [6, 6.07) is 1.37. The van der Waals surface area contributed by atoms with E-state index in [-0.39, 0.29) is 0 Å². The first kappa shape index (κ1) is 10.4. The molecule has 1 aliphatic heterocycles. The molecule has 0 aliphatic carbocycles. The van der Waals surface area contributed by atoms with Crippen LogP contribution >= 0.6 is 11.8 Å². The van der Waals surface area contributed by atoms with Crippen molar-refractivity contribution < 1.29 is 0 Å². The van der Waals surface area contributed by atoms with E-state index >= 15 is 0 Å². The number of hydrogen-bond acceptors (Lipinski definition) is 3. The number of thioether (sulfide) groups is 1. The summed E-state index contributed by atoms with van der Waals surface area (Å²) in [5.74, 6) is 2.58. The van der Waals surface area contributed by atoms with E-state index in [1.807, 2.05) is 0 Å². The zero-order valence-corrected chi connectivity index (χ0v) is 8.91. The van der Waals surface area contributed by atoms with Crippen molar-refractivity contribution in [2.24, 2.45) is 0 Å². The van der Waals surface area contributed by atoms with Crippen LogP contribution in [0.4, 0.5) is 0 Å². The molecule has 1 atom stereocenters. The smallest absolute Gasteiger partial charge is 0.0170 e. The molecule has 1 fully saturated rings. The Kier molecular flexibility index (Phi) is 5.04. The van der Waals surface area contributed by atoms with Crippen molar-refractivity contribution in [3.8, 4) is 0 Å².